The molecule has 1 aromatic rings. The van der Waals surface area contributed by atoms with Crippen molar-refractivity contribution < 1.29 is 4.79 Å². The Morgan fingerprint density at radius 1 is 1.71 bits per heavy atom. The predicted octanol–water partition coefficient (Wildman–Crippen LogP) is 1.11. The average Bonchev–Trinajstić information content (AvgIpc) is 2.90. The molecular formula is C12H19N3OS. The van der Waals surface area contributed by atoms with Crippen LogP contribution in [0, 0.1) is 12.8 Å². The van der Waals surface area contributed by atoms with E-state index >= 15 is 0 Å². The smallest absolute Gasteiger partial charge is 0.220 e. The van der Waals surface area contributed by atoms with Crippen molar-refractivity contribution in [1.29, 1.82) is 0 Å². The second-order valence-electron chi connectivity index (χ2n) is 4.55. The van der Waals surface area contributed by atoms with E-state index in [1.165, 1.54) is 0 Å². The van der Waals surface area contributed by atoms with Crippen LogP contribution in [-0.4, -0.2) is 30.5 Å². The van der Waals surface area contributed by atoms with Crippen LogP contribution in [0.15, 0.2) is 5.38 Å². The lowest BCUT2D eigenvalue weighted by molar-refractivity contribution is -0.121. The van der Waals surface area contributed by atoms with Crippen LogP contribution >= 0.6 is 11.3 Å². The summed E-state index contributed by atoms with van der Waals surface area (Å²) in [6, 6.07) is 0. The Morgan fingerprint density at radius 2 is 2.59 bits per heavy atom. The Morgan fingerprint density at radius 3 is 3.24 bits per heavy atom. The minimum absolute atomic E-state index is 0.173. The Labute approximate surface area is 106 Å². The molecule has 1 aliphatic heterocycles. The fourth-order valence-corrected chi connectivity index (χ4v) is 2.83. The third-order valence-corrected chi connectivity index (χ3v) is 3.99. The maximum Gasteiger partial charge on any atom is 0.220 e. The first-order chi connectivity index (χ1) is 8.24. The summed E-state index contributed by atoms with van der Waals surface area (Å²) in [4.78, 5) is 16.0. The molecule has 1 amide bonds. The topological polar surface area (TPSA) is 54.0 Å². The molecule has 0 bridgehead atoms. The molecule has 4 nitrogen and oxygen atoms in total. The zero-order valence-corrected chi connectivity index (χ0v) is 11.0. The highest BCUT2D eigenvalue weighted by Crippen LogP contribution is 2.12. The van der Waals surface area contributed by atoms with Gasteiger partial charge in [0.05, 0.1) is 5.01 Å². The minimum atomic E-state index is 0.173. The number of nitrogens with zero attached hydrogens (tertiary/aromatic N) is 1. The Kier molecular flexibility index (Phi) is 4.50. The lowest BCUT2D eigenvalue weighted by Crippen LogP contribution is -2.28. The van der Waals surface area contributed by atoms with E-state index in [4.69, 9.17) is 0 Å². The van der Waals surface area contributed by atoms with Gasteiger partial charge in [-0.25, -0.2) is 4.98 Å². The van der Waals surface area contributed by atoms with E-state index in [1.54, 1.807) is 11.3 Å². The zero-order valence-electron chi connectivity index (χ0n) is 10.2. The molecule has 1 atom stereocenters. The fraction of sp³-hybridized carbons (Fsp3) is 0.667. The predicted molar refractivity (Wildman–Crippen MR) is 69.2 cm³/mol. The van der Waals surface area contributed by atoms with Crippen molar-refractivity contribution in [3.8, 4) is 0 Å². The van der Waals surface area contributed by atoms with Crippen molar-refractivity contribution in [2.75, 3.05) is 19.6 Å². The molecule has 1 fully saturated rings. The van der Waals surface area contributed by atoms with Gasteiger partial charge in [0.15, 0.2) is 0 Å². The Balaban J connectivity index is 1.62. The summed E-state index contributed by atoms with van der Waals surface area (Å²) in [5, 5.41) is 9.39. The fourth-order valence-electron chi connectivity index (χ4n) is 2.05. The summed E-state index contributed by atoms with van der Waals surface area (Å²) < 4.78 is 0. The largest absolute Gasteiger partial charge is 0.356 e. The van der Waals surface area contributed by atoms with E-state index in [0.29, 0.717) is 18.9 Å². The maximum atomic E-state index is 11.6. The second-order valence-corrected chi connectivity index (χ2v) is 5.49. The number of aryl methyl sites for hydroxylation is 1. The van der Waals surface area contributed by atoms with Crippen LogP contribution in [0.3, 0.4) is 0 Å². The molecule has 0 spiro atoms. The van der Waals surface area contributed by atoms with Crippen LogP contribution in [0.1, 0.15) is 23.5 Å². The van der Waals surface area contributed by atoms with E-state index in [0.717, 1.165) is 36.6 Å². The quantitative estimate of drug-likeness (QED) is 0.826. The molecule has 1 aromatic heterocycles. The van der Waals surface area contributed by atoms with E-state index in [1.807, 2.05) is 12.3 Å². The van der Waals surface area contributed by atoms with Crippen molar-refractivity contribution in [2.24, 2.45) is 5.92 Å². The Bertz CT molecular complexity index is 372. The number of aromatic nitrogens is 1. The summed E-state index contributed by atoms with van der Waals surface area (Å²) in [5.74, 6) is 0.698. The maximum absolute atomic E-state index is 11.6. The number of rotatable bonds is 5. The van der Waals surface area contributed by atoms with Crippen LogP contribution in [0.2, 0.25) is 0 Å². The first-order valence-electron chi connectivity index (χ1n) is 6.12. The lowest BCUT2D eigenvalue weighted by atomic mass is 10.0. The third-order valence-electron chi connectivity index (χ3n) is 2.96. The summed E-state index contributed by atoms with van der Waals surface area (Å²) in [7, 11) is 0. The first-order valence-corrected chi connectivity index (χ1v) is 7.00. The van der Waals surface area contributed by atoms with Gasteiger partial charge in [-0.3, -0.25) is 4.79 Å². The monoisotopic (exact) mass is 253 g/mol. The highest BCUT2D eigenvalue weighted by molar-refractivity contribution is 7.09. The van der Waals surface area contributed by atoms with Gasteiger partial charge in [0, 0.05) is 30.5 Å². The van der Waals surface area contributed by atoms with E-state index in [9.17, 15) is 4.79 Å². The number of nitrogens with one attached hydrogen (secondary N) is 2. The average molecular weight is 253 g/mol. The van der Waals surface area contributed by atoms with Crippen LogP contribution in [0.5, 0.6) is 0 Å². The zero-order chi connectivity index (χ0) is 12.1. The normalized spacial score (nSPS) is 19.5. The summed E-state index contributed by atoms with van der Waals surface area (Å²) in [6.45, 7) is 4.73. The van der Waals surface area contributed by atoms with Crippen molar-refractivity contribution in [3.63, 3.8) is 0 Å². The second kappa shape index (κ2) is 6.12. The highest BCUT2D eigenvalue weighted by atomic mass is 32.1. The molecule has 5 heteroatoms. The van der Waals surface area contributed by atoms with Gasteiger partial charge in [0.25, 0.3) is 0 Å². The SMILES string of the molecule is Cc1csc(CCNC(=O)CC2CCNC2)n1. The molecule has 1 saturated heterocycles. The van der Waals surface area contributed by atoms with E-state index in [-0.39, 0.29) is 5.91 Å². The van der Waals surface area contributed by atoms with E-state index < -0.39 is 0 Å². The number of carbonyl (C=O) groups is 1. The molecule has 2 rings (SSSR count). The van der Waals surface area contributed by atoms with E-state index in [2.05, 4.69) is 15.6 Å². The standard InChI is InChI=1S/C12H19N3OS/c1-9-8-17-12(15-9)3-5-14-11(16)6-10-2-4-13-7-10/h8,10,13H,2-7H2,1H3,(H,14,16). The molecule has 0 saturated carbocycles. The first kappa shape index (κ1) is 12.5. The molecular weight excluding hydrogens is 234 g/mol. The number of carbonyl (C=O) groups excluding carboxylic acids is 1. The molecule has 2 N–H and O–H groups in total. The van der Waals surface area contributed by atoms with Crippen LogP contribution in [0.4, 0.5) is 0 Å². The Hall–Kier alpha value is -0.940. The molecule has 17 heavy (non-hydrogen) atoms. The minimum Gasteiger partial charge on any atom is -0.356 e. The molecule has 0 aromatic carbocycles. The van der Waals surface area contributed by atoms with Gasteiger partial charge < -0.3 is 10.6 Å². The van der Waals surface area contributed by atoms with Crippen molar-refractivity contribution >= 4 is 17.2 Å². The third kappa shape index (κ3) is 4.09. The summed E-state index contributed by atoms with van der Waals surface area (Å²) in [6.07, 6.45) is 2.62. The molecule has 0 radical (unpaired) electrons. The summed E-state index contributed by atoms with van der Waals surface area (Å²) in [5.41, 5.74) is 1.06. The van der Waals surface area contributed by atoms with Gasteiger partial charge in [-0.15, -0.1) is 11.3 Å². The van der Waals surface area contributed by atoms with Crippen molar-refractivity contribution in [3.05, 3.63) is 16.1 Å². The van der Waals surface area contributed by atoms with Gasteiger partial charge in [0.2, 0.25) is 5.91 Å². The van der Waals surface area contributed by atoms with Gasteiger partial charge in [0.1, 0.15) is 0 Å². The van der Waals surface area contributed by atoms with Gasteiger partial charge in [-0.05, 0) is 32.4 Å². The molecule has 1 unspecified atom stereocenters. The van der Waals surface area contributed by atoms with Crippen LogP contribution < -0.4 is 10.6 Å². The number of thiazole rings is 1. The van der Waals surface area contributed by atoms with Crippen molar-refractivity contribution in [1.82, 2.24) is 15.6 Å². The lowest BCUT2D eigenvalue weighted by Gasteiger charge is -2.08. The highest BCUT2D eigenvalue weighted by Gasteiger charge is 2.17. The van der Waals surface area contributed by atoms with Gasteiger partial charge >= 0.3 is 0 Å². The summed E-state index contributed by atoms with van der Waals surface area (Å²) >= 11 is 1.66. The van der Waals surface area contributed by atoms with Crippen LogP contribution in [0.25, 0.3) is 0 Å². The van der Waals surface area contributed by atoms with Gasteiger partial charge in [-0.2, -0.15) is 0 Å². The molecule has 1 aliphatic rings. The van der Waals surface area contributed by atoms with Crippen LogP contribution in [-0.2, 0) is 11.2 Å². The molecule has 0 aliphatic carbocycles. The number of hydrogen-bond donors (Lipinski definition) is 2. The number of amides is 1. The number of hydrogen-bond acceptors (Lipinski definition) is 4. The van der Waals surface area contributed by atoms with Gasteiger partial charge in [-0.1, -0.05) is 0 Å². The molecule has 94 valence electrons. The molecule has 2 heterocycles. The van der Waals surface area contributed by atoms with Crippen molar-refractivity contribution in [2.45, 2.75) is 26.2 Å².